The number of nitrogens with zero attached hydrogens (tertiary/aromatic N) is 2. The maximum Gasteiger partial charge on any atom is 0.404 e. The normalized spacial score (nSPS) is 12.4. The molecule has 1 aromatic carbocycles. The average Bonchev–Trinajstić information content (AvgIpc) is 2.72. The highest BCUT2D eigenvalue weighted by atomic mass is 16.4. The van der Waals surface area contributed by atoms with Crippen LogP contribution in [-0.2, 0) is 6.42 Å². The van der Waals surface area contributed by atoms with Gasteiger partial charge in [-0.05, 0) is 48.6 Å². The van der Waals surface area contributed by atoms with Crippen LogP contribution in [-0.4, -0.2) is 45.3 Å². The third-order valence-electron chi connectivity index (χ3n) is 5.30. The smallest absolute Gasteiger partial charge is 0.404 e. The Kier molecular flexibility index (Phi) is 7.49. The lowest BCUT2D eigenvalue weighted by atomic mass is 9.85. The molecule has 0 fully saturated rings. The lowest BCUT2D eigenvalue weighted by Crippen LogP contribution is -2.44. The first kappa shape index (κ1) is 24.0. The molecular weight excluding hydrogens is 422 g/mol. The molecular formula is C23H31N7O3. The van der Waals surface area contributed by atoms with Gasteiger partial charge in [-0.1, -0.05) is 32.9 Å². The molecule has 3 rings (SSSR count). The first-order chi connectivity index (χ1) is 15.7. The number of carbonyl (C=O) groups is 1. The van der Waals surface area contributed by atoms with Gasteiger partial charge in [0.1, 0.15) is 11.2 Å². The van der Waals surface area contributed by atoms with Gasteiger partial charge in [-0.25, -0.2) is 9.78 Å². The predicted octanol–water partition coefficient (Wildman–Crippen LogP) is 3.05. The Labute approximate surface area is 192 Å². The average molecular weight is 454 g/mol. The van der Waals surface area contributed by atoms with E-state index in [1.54, 1.807) is 12.3 Å². The molecule has 2 aromatic heterocycles. The Morgan fingerprint density at radius 3 is 2.73 bits per heavy atom. The van der Waals surface area contributed by atoms with Crippen molar-refractivity contribution >= 4 is 34.4 Å². The summed E-state index contributed by atoms with van der Waals surface area (Å²) < 4.78 is 0. The number of anilines is 3. The summed E-state index contributed by atoms with van der Waals surface area (Å²) in [5, 5.41) is 18.5. The lowest BCUT2D eigenvalue weighted by Gasteiger charge is -2.30. The van der Waals surface area contributed by atoms with Crippen LogP contribution in [0.2, 0.25) is 0 Å². The zero-order chi connectivity index (χ0) is 24.0. The largest absolute Gasteiger partial charge is 0.465 e. The highest BCUT2D eigenvalue weighted by Crippen LogP contribution is 2.24. The van der Waals surface area contributed by atoms with Gasteiger partial charge >= 0.3 is 6.09 Å². The number of aromatic nitrogens is 3. The second kappa shape index (κ2) is 10.3. The number of aromatic amines is 1. The summed E-state index contributed by atoms with van der Waals surface area (Å²) in [7, 11) is 0. The van der Waals surface area contributed by atoms with Crippen LogP contribution in [0, 0.1) is 5.41 Å². The molecule has 33 heavy (non-hydrogen) atoms. The molecule has 176 valence electrons. The van der Waals surface area contributed by atoms with Crippen molar-refractivity contribution in [3.63, 3.8) is 0 Å². The van der Waals surface area contributed by atoms with Crippen LogP contribution in [0.4, 0.5) is 22.2 Å². The van der Waals surface area contributed by atoms with Crippen LogP contribution in [0.15, 0.2) is 41.3 Å². The molecule has 7 N–H and O–H groups in total. The predicted molar refractivity (Wildman–Crippen MR) is 130 cm³/mol. The third-order valence-corrected chi connectivity index (χ3v) is 5.30. The van der Waals surface area contributed by atoms with Crippen LogP contribution < -0.4 is 27.2 Å². The quantitative estimate of drug-likeness (QED) is 0.288. The molecule has 0 spiro atoms. The number of H-pyrrole nitrogens is 1. The van der Waals surface area contributed by atoms with Crippen LogP contribution in [0.25, 0.3) is 10.9 Å². The standard InChI is InChI=1S/C23H31N7O3/c1-23(2,3)17(29-22(32)33)9-12-26-21-28-16-8-11-25-20(31)18(16)19(30-21)27-15-6-4-5-14(13-15)7-10-24/h4-6,8,11,13,17,29H,7,9-10,12,24H2,1-3H3,(H,25,31)(H,32,33)(H2,26,27,28,30). The highest BCUT2D eigenvalue weighted by molar-refractivity contribution is 5.90. The summed E-state index contributed by atoms with van der Waals surface area (Å²) in [6, 6.07) is 9.23. The molecule has 1 atom stereocenters. The lowest BCUT2D eigenvalue weighted by molar-refractivity contribution is 0.173. The molecule has 1 unspecified atom stereocenters. The molecule has 3 aromatic rings. The van der Waals surface area contributed by atoms with Crippen LogP contribution >= 0.6 is 0 Å². The molecule has 0 saturated carbocycles. The van der Waals surface area contributed by atoms with Crippen molar-refractivity contribution in [3.8, 4) is 0 Å². The number of rotatable bonds is 9. The molecule has 10 heteroatoms. The van der Waals surface area contributed by atoms with Gasteiger partial charge in [-0.3, -0.25) is 4.79 Å². The second-order valence-electron chi connectivity index (χ2n) is 8.91. The number of amides is 1. The number of fused-ring (bicyclic) bond motifs is 1. The van der Waals surface area contributed by atoms with Gasteiger partial charge in [0.15, 0.2) is 0 Å². The number of nitrogens with one attached hydrogen (secondary N) is 4. The van der Waals surface area contributed by atoms with E-state index in [4.69, 9.17) is 10.8 Å². The van der Waals surface area contributed by atoms with E-state index in [0.29, 0.717) is 42.2 Å². The van der Waals surface area contributed by atoms with Crippen molar-refractivity contribution < 1.29 is 9.90 Å². The Morgan fingerprint density at radius 1 is 1.24 bits per heavy atom. The fraction of sp³-hybridized carbons (Fsp3) is 0.391. The van der Waals surface area contributed by atoms with Crippen molar-refractivity contribution in [3.05, 3.63) is 52.4 Å². The number of hydrogen-bond acceptors (Lipinski definition) is 7. The topological polar surface area (TPSA) is 158 Å². The van der Waals surface area contributed by atoms with E-state index in [1.165, 1.54) is 0 Å². The minimum atomic E-state index is -1.06. The summed E-state index contributed by atoms with van der Waals surface area (Å²) in [4.78, 5) is 35.3. The second-order valence-corrected chi connectivity index (χ2v) is 8.91. The van der Waals surface area contributed by atoms with Crippen molar-refractivity contribution in [1.82, 2.24) is 20.3 Å². The molecule has 0 radical (unpaired) electrons. The number of benzene rings is 1. The van der Waals surface area contributed by atoms with E-state index in [2.05, 4.69) is 30.9 Å². The van der Waals surface area contributed by atoms with E-state index in [-0.39, 0.29) is 17.0 Å². The Hall–Kier alpha value is -3.66. The summed E-state index contributed by atoms with van der Waals surface area (Å²) in [5.74, 6) is 0.724. The first-order valence-corrected chi connectivity index (χ1v) is 10.9. The highest BCUT2D eigenvalue weighted by Gasteiger charge is 2.25. The number of carboxylic acid groups (broad SMARTS) is 1. The molecule has 0 aliphatic rings. The maximum atomic E-state index is 12.5. The SMILES string of the molecule is CC(C)(C)C(CCNc1nc(Nc2cccc(CCN)c2)c2c(=O)[nH]ccc2n1)NC(=O)O. The van der Waals surface area contributed by atoms with E-state index >= 15 is 0 Å². The summed E-state index contributed by atoms with van der Waals surface area (Å²) in [6.45, 7) is 6.93. The Morgan fingerprint density at radius 2 is 2.03 bits per heavy atom. The third kappa shape index (κ3) is 6.42. The molecule has 0 aliphatic carbocycles. The first-order valence-electron chi connectivity index (χ1n) is 10.9. The van der Waals surface area contributed by atoms with Gasteiger partial charge in [0.05, 0.1) is 5.52 Å². The zero-order valence-electron chi connectivity index (χ0n) is 19.1. The number of nitrogens with two attached hydrogens (primary N) is 1. The van der Waals surface area contributed by atoms with Crippen LogP contribution in [0.3, 0.4) is 0 Å². The van der Waals surface area contributed by atoms with Gasteiger partial charge < -0.3 is 31.8 Å². The van der Waals surface area contributed by atoms with Gasteiger partial charge in [0.2, 0.25) is 5.95 Å². The van der Waals surface area contributed by atoms with Crippen LogP contribution in [0.5, 0.6) is 0 Å². The number of hydrogen-bond donors (Lipinski definition) is 6. The Balaban J connectivity index is 1.86. The van der Waals surface area contributed by atoms with E-state index < -0.39 is 6.09 Å². The van der Waals surface area contributed by atoms with E-state index in [9.17, 15) is 9.59 Å². The van der Waals surface area contributed by atoms with Gasteiger partial charge in [-0.2, -0.15) is 4.98 Å². The maximum absolute atomic E-state index is 12.5. The summed E-state index contributed by atoms with van der Waals surface area (Å²) in [6.07, 6.45) is 1.77. The van der Waals surface area contributed by atoms with Gasteiger partial charge in [0, 0.05) is 24.5 Å². The van der Waals surface area contributed by atoms with E-state index in [0.717, 1.165) is 17.7 Å². The van der Waals surface area contributed by atoms with E-state index in [1.807, 2.05) is 45.0 Å². The zero-order valence-corrected chi connectivity index (χ0v) is 19.1. The minimum absolute atomic E-state index is 0.251. The summed E-state index contributed by atoms with van der Waals surface area (Å²) in [5.41, 5.74) is 7.48. The molecule has 0 saturated heterocycles. The van der Waals surface area contributed by atoms with Gasteiger partial charge in [0.25, 0.3) is 5.56 Å². The van der Waals surface area contributed by atoms with Crippen molar-refractivity contribution in [2.24, 2.45) is 11.1 Å². The number of pyridine rings is 1. The van der Waals surface area contributed by atoms with Crippen molar-refractivity contribution in [2.45, 2.75) is 39.7 Å². The van der Waals surface area contributed by atoms with Crippen molar-refractivity contribution in [1.29, 1.82) is 0 Å². The molecule has 1 amide bonds. The summed E-state index contributed by atoms with van der Waals surface area (Å²) >= 11 is 0. The molecule has 10 nitrogen and oxygen atoms in total. The molecule has 0 bridgehead atoms. The monoisotopic (exact) mass is 453 g/mol. The minimum Gasteiger partial charge on any atom is -0.465 e. The Bertz CT molecular complexity index is 1170. The van der Waals surface area contributed by atoms with Gasteiger partial charge in [-0.15, -0.1) is 0 Å². The van der Waals surface area contributed by atoms with Crippen molar-refractivity contribution in [2.75, 3.05) is 23.7 Å². The molecule has 0 aliphatic heterocycles. The molecule has 2 heterocycles. The fourth-order valence-corrected chi connectivity index (χ4v) is 3.57. The van der Waals surface area contributed by atoms with Crippen LogP contribution in [0.1, 0.15) is 32.8 Å². The fourth-order valence-electron chi connectivity index (χ4n) is 3.57.